The molecule has 0 saturated carbocycles. The quantitative estimate of drug-likeness (QED) is 0.391. The number of carboxylic acids is 1. The molecule has 30 heavy (non-hydrogen) atoms. The maximum absolute atomic E-state index is 11.2. The van der Waals surface area contributed by atoms with Crippen LogP contribution in [0.15, 0.2) is 60.8 Å². The summed E-state index contributed by atoms with van der Waals surface area (Å²) in [6.07, 6.45) is 3.78. The second-order valence-corrected chi connectivity index (χ2v) is 7.55. The van der Waals surface area contributed by atoms with Crippen LogP contribution in [0.25, 0.3) is 27.9 Å². The van der Waals surface area contributed by atoms with Crippen molar-refractivity contribution in [2.45, 2.75) is 32.6 Å². The van der Waals surface area contributed by atoms with Crippen LogP contribution in [0, 0.1) is 0 Å². The van der Waals surface area contributed by atoms with Gasteiger partial charge in [-0.05, 0) is 54.7 Å². The Bertz CT molecular complexity index is 1200. The van der Waals surface area contributed by atoms with E-state index in [4.69, 9.17) is 21.8 Å². The number of fused-ring (bicyclic) bond motifs is 1. The fourth-order valence-electron chi connectivity index (χ4n) is 3.85. The zero-order chi connectivity index (χ0) is 21.1. The number of aromatic nitrogens is 3. The monoisotopic (exact) mass is 419 g/mol. The van der Waals surface area contributed by atoms with E-state index >= 15 is 0 Å². The minimum atomic E-state index is -0.797. The van der Waals surface area contributed by atoms with Crippen LogP contribution in [0.5, 0.6) is 0 Å². The zero-order valence-corrected chi connectivity index (χ0v) is 17.4. The number of aliphatic carboxylic acids is 1. The minimum Gasteiger partial charge on any atom is -0.481 e. The van der Waals surface area contributed by atoms with Gasteiger partial charge in [-0.15, -0.1) is 0 Å². The van der Waals surface area contributed by atoms with Gasteiger partial charge < -0.3 is 5.11 Å². The van der Waals surface area contributed by atoms with Gasteiger partial charge in [0.05, 0.1) is 11.2 Å². The van der Waals surface area contributed by atoms with Gasteiger partial charge >= 0.3 is 5.97 Å². The average Bonchev–Trinajstić information content (AvgIpc) is 3.16. The molecule has 0 bridgehead atoms. The van der Waals surface area contributed by atoms with Gasteiger partial charge in [-0.1, -0.05) is 48.9 Å². The fourth-order valence-corrected chi connectivity index (χ4v) is 4.02. The molecule has 1 N–H and O–H groups in total. The molecule has 0 amide bonds. The van der Waals surface area contributed by atoms with Crippen molar-refractivity contribution >= 4 is 23.1 Å². The molecule has 0 atom stereocenters. The molecule has 0 radical (unpaired) electrons. The molecule has 0 unspecified atom stereocenters. The third-order valence-corrected chi connectivity index (χ3v) is 5.43. The van der Waals surface area contributed by atoms with Crippen molar-refractivity contribution in [3.63, 3.8) is 0 Å². The summed E-state index contributed by atoms with van der Waals surface area (Å²) in [4.78, 5) is 15.3. The summed E-state index contributed by atoms with van der Waals surface area (Å²) < 4.78 is 1.99. The van der Waals surface area contributed by atoms with Gasteiger partial charge in [0.15, 0.2) is 0 Å². The molecule has 5 nitrogen and oxygen atoms in total. The third-order valence-electron chi connectivity index (χ3n) is 5.22. The van der Waals surface area contributed by atoms with Crippen molar-refractivity contribution in [1.29, 1.82) is 0 Å². The topological polar surface area (TPSA) is 67.5 Å². The molecule has 1 aromatic carbocycles. The van der Waals surface area contributed by atoms with E-state index in [1.165, 1.54) is 0 Å². The number of pyridine rings is 1. The summed E-state index contributed by atoms with van der Waals surface area (Å²) in [5.41, 5.74) is 6.96. The van der Waals surface area contributed by atoms with E-state index in [-0.39, 0.29) is 6.42 Å². The first kappa shape index (κ1) is 20.1. The molecule has 3 heterocycles. The van der Waals surface area contributed by atoms with E-state index in [0.717, 1.165) is 45.6 Å². The molecule has 152 valence electrons. The predicted octanol–water partition coefficient (Wildman–Crippen LogP) is 5.69. The number of benzene rings is 1. The summed E-state index contributed by atoms with van der Waals surface area (Å²) in [6.45, 7) is 2.11. The lowest BCUT2D eigenvalue weighted by Crippen LogP contribution is -2.07. The molecule has 0 fully saturated rings. The number of hydrogen-bond donors (Lipinski definition) is 1. The van der Waals surface area contributed by atoms with Gasteiger partial charge in [0, 0.05) is 29.4 Å². The van der Waals surface area contributed by atoms with Crippen LogP contribution in [0.4, 0.5) is 0 Å². The predicted molar refractivity (Wildman–Crippen MR) is 119 cm³/mol. The Morgan fingerprint density at radius 2 is 1.90 bits per heavy atom. The SMILES string of the molecule is CCc1ccc2c(-c3ccnc(Cl)c3)c(CCCC(=O)O)c(-c3ccccc3)nn12. The molecule has 0 aliphatic heterocycles. The van der Waals surface area contributed by atoms with Crippen molar-refractivity contribution in [2.24, 2.45) is 0 Å². The Balaban J connectivity index is 2.03. The van der Waals surface area contributed by atoms with E-state index in [9.17, 15) is 4.79 Å². The van der Waals surface area contributed by atoms with Crippen molar-refractivity contribution < 1.29 is 9.90 Å². The molecule has 0 aliphatic rings. The van der Waals surface area contributed by atoms with Gasteiger partial charge in [-0.3, -0.25) is 4.79 Å². The third kappa shape index (κ3) is 3.94. The molecule has 4 aromatic rings. The molecule has 3 aromatic heterocycles. The van der Waals surface area contributed by atoms with E-state index in [1.54, 1.807) is 6.20 Å². The van der Waals surface area contributed by atoms with Gasteiger partial charge in [0.25, 0.3) is 0 Å². The Kier molecular flexibility index (Phi) is 5.81. The number of carboxylic acid groups (broad SMARTS) is 1. The molecular formula is C24H22ClN3O2. The number of carbonyl (C=O) groups is 1. The lowest BCUT2D eigenvalue weighted by molar-refractivity contribution is -0.137. The fraction of sp³-hybridized carbons (Fsp3) is 0.208. The molecule has 6 heteroatoms. The van der Waals surface area contributed by atoms with Gasteiger partial charge in [-0.25, -0.2) is 9.50 Å². The van der Waals surface area contributed by atoms with Gasteiger partial charge in [0.1, 0.15) is 5.15 Å². The van der Waals surface area contributed by atoms with Crippen LogP contribution in [-0.2, 0) is 17.6 Å². The Hall–Kier alpha value is -3.18. The Morgan fingerprint density at radius 3 is 2.60 bits per heavy atom. The highest BCUT2D eigenvalue weighted by Gasteiger charge is 2.20. The summed E-state index contributed by atoms with van der Waals surface area (Å²) in [7, 11) is 0. The summed E-state index contributed by atoms with van der Waals surface area (Å²) >= 11 is 6.22. The smallest absolute Gasteiger partial charge is 0.303 e. The van der Waals surface area contributed by atoms with Crippen LogP contribution in [0.3, 0.4) is 0 Å². The van der Waals surface area contributed by atoms with Crippen molar-refractivity contribution in [3.05, 3.63) is 77.2 Å². The second kappa shape index (κ2) is 8.67. The maximum atomic E-state index is 11.2. The lowest BCUT2D eigenvalue weighted by atomic mass is 9.93. The molecule has 4 rings (SSSR count). The molecule has 0 saturated heterocycles. The van der Waals surface area contributed by atoms with Crippen molar-refractivity contribution in [1.82, 2.24) is 14.6 Å². The zero-order valence-electron chi connectivity index (χ0n) is 16.7. The van der Waals surface area contributed by atoms with Crippen LogP contribution in [-0.4, -0.2) is 25.7 Å². The highest BCUT2D eigenvalue weighted by molar-refractivity contribution is 6.29. The van der Waals surface area contributed by atoms with E-state index in [2.05, 4.69) is 24.0 Å². The lowest BCUT2D eigenvalue weighted by Gasteiger charge is -2.18. The van der Waals surface area contributed by atoms with Crippen LogP contribution >= 0.6 is 11.6 Å². The number of nitrogens with zero attached hydrogens (tertiary/aromatic N) is 3. The first-order chi connectivity index (χ1) is 14.6. The van der Waals surface area contributed by atoms with E-state index in [0.29, 0.717) is 18.0 Å². The summed E-state index contributed by atoms with van der Waals surface area (Å²) in [5.74, 6) is -0.797. The normalized spacial score (nSPS) is 11.1. The average molecular weight is 420 g/mol. The largest absolute Gasteiger partial charge is 0.481 e. The first-order valence-corrected chi connectivity index (χ1v) is 10.4. The van der Waals surface area contributed by atoms with Crippen molar-refractivity contribution in [2.75, 3.05) is 0 Å². The van der Waals surface area contributed by atoms with Crippen molar-refractivity contribution in [3.8, 4) is 22.4 Å². The number of halogens is 1. The molecule has 0 spiro atoms. The Morgan fingerprint density at radius 1 is 1.10 bits per heavy atom. The number of aryl methyl sites for hydroxylation is 1. The summed E-state index contributed by atoms with van der Waals surface area (Å²) in [6, 6.07) is 18.0. The number of hydrogen-bond acceptors (Lipinski definition) is 3. The Labute approximate surface area is 180 Å². The minimum absolute atomic E-state index is 0.108. The van der Waals surface area contributed by atoms with Crippen LogP contribution in [0.2, 0.25) is 5.15 Å². The van der Waals surface area contributed by atoms with Gasteiger partial charge in [0.2, 0.25) is 0 Å². The number of rotatable bonds is 7. The highest BCUT2D eigenvalue weighted by atomic mass is 35.5. The highest BCUT2D eigenvalue weighted by Crippen LogP contribution is 2.36. The molecule has 0 aliphatic carbocycles. The summed E-state index contributed by atoms with van der Waals surface area (Å²) in [5, 5.41) is 14.6. The molecular weight excluding hydrogens is 398 g/mol. The first-order valence-electron chi connectivity index (χ1n) is 10.0. The van der Waals surface area contributed by atoms with Crippen LogP contribution in [0.1, 0.15) is 31.0 Å². The standard InChI is InChI=1S/C24H22ClN3O2/c1-2-18-11-12-20-23(17-13-14-26-21(25)15-17)19(9-6-10-22(29)30)24(27-28(18)20)16-7-4-3-5-8-16/h3-5,7-8,11-15H,2,6,9-10H2,1H3,(H,29,30). The van der Waals surface area contributed by atoms with E-state index < -0.39 is 5.97 Å². The second-order valence-electron chi connectivity index (χ2n) is 7.16. The van der Waals surface area contributed by atoms with Crippen LogP contribution < -0.4 is 0 Å². The van der Waals surface area contributed by atoms with E-state index in [1.807, 2.05) is 47.0 Å². The maximum Gasteiger partial charge on any atom is 0.303 e. The van der Waals surface area contributed by atoms with Gasteiger partial charge in [-0.2, -0.15) is 5.10 Å².